The van der Waals surface area contributed by atoms with E-state index in [1.54, 1.807) is 18.3 Å². The zero-order valence-corrected chi connectivity index (χ0v) is 18.1. The number of nitrogens with one attached hydrogen (secondary N) is 1. The Morgan fingerprint density at radius 2 is 1.76 bits per heavy atom. The fourth-order valence-corrected chi connectivity index (χ4v) is 5.34. The largest absolute Gasteiger partial charge is 0.361 e. The highest BCUT2D eigenvalue weighted by Crippen LogP contribution is 2.40. The van der Waals surface area contributed by atoms with Crippen LogP contribution in [0.4, 0.5) is 5.69 Å². The molecule has 2 heterocycles. The summed E-state index contributed by atoms with van der Waals surface area (Å²) in [5, 5.41) is 13.1. The normalized spacial score (nSPS) is 15.8. The maximum atomic E-state index is 13.5. The highest BCUT2D eigenvalue weighted by atomic mass is 32.2. The lowest BCUT2D eigenvalue weighted by Crippen LogP contribution is -2.31. The molecule has 0 saturated heterocycles. The summed E-state index contributed by atoms with van der Waals surface area (Å²) in [7, 11) is -3.92. The number of non-ortho nitro benzene ring substituents is 1. The van der Waals surface area contributed by atoms with Crippen molar-refractivity contribution < 1.29 is 13.3 Å². The molecule has 1 unspecified atom stereocenters. The first-order chi connectivity index (χ1) is 15.9. The molecular weight excluding hydrogens is 438 g/mol. The average Bonchev–Trinajstić information content (AvgIpc) is 3.26. The lowest BCUT2D eigenvalue weighted by atomic mass is 9.92. The SMILES string of the molecule is O=[N+]([O-])c1cccc(/C=C/S(=O)(=O)N2C=Cc3ccccc3C2c2c[nH]c3ccccc23)c1. The molecule has 1 atom stereocenters. The van der Waals surface area contributed by atoms with E-state index < -0.39 is 21.0 Å². The number of rotatable bonds is 5. The van der Waals surface area contributed by atoms with E-state index in [0.29, 0.717) is 5.56 Å². The van der Waals surface area contributed by atoms with Gasteiger partial charge in [-0.25, -0.2) is 8.42 Å². The number of benzene rings is 3. The molecular formula is C25H19N3O4S. The van der Waals surface area contributed by atoms with Crippen LogP contribution in [-0.2, 0) is 10.0 Å². The summed E-state index contributed by atoms with van der Waals surface area (Å²) < 4.78 is 28.3. The minimum absolute atomic E-state index is 0.0991. The number of H-pyrrole nitrogens is 1. The number of aromatic nitrogens is 1. The number of hydrogen-bond donors (Lipinski definition) is 1. The Bertz CT molecular complexity index is 1540. The molecule has 164 valence electrons. The van der Waals surface area contributed by atoms with E-state index in [4.69, 9.17) is 0 Å². The van der Waals surface area contributed by atoms with Crippen LogP contribution in [-0.4, -0.2) is 22.6 Å². The highest BCUT2D eigenvalue weighted by Gasteiger charge is 2.33. The third-order valence-corrected chi connectivity index (χ3v) is 7.07. The average molecular weight is 458 g/mol. The van der Waals surface area contributed by atoms with E-state index in [9.17, 15) is 18.5 Å². The monoisotopic (exact) mass is 457 g/mol. The second-order valence-corrected chi connectivity index (χ2v) is 9.39. The Labute approximate surface area is 190 Å². The molecule has 33 heavy (non-hydrogen) atoms. The van der Waals surface area contributed by atoms with Crippen molar-refractivity contribution in [1.82, 2.24) is 9.29 Å². The van der Waals surface area contributed by atoms with Crippen molar-refractivity contribution in [2.24, 2.45) is 0 Å². The number of nitrogens with zero attached hydrogens (tertiary/aromatic N) is 2. The molecule has 1 aliphatic heterocycles. The van der Waals surface area contributed by atoms with Crippen molar-refractivity contribution in [2.75, 3.05) is 0 Å². The highest BCUT2D eigenvalue weighted by molar-refractivity contribution is 7.92. The van der Waals surface area contributed by atoms with Gasteiger partial charge in [0, 0.05) is 41.0 Å². The molecule has 0 amide bonds. The van der Waals surface area contributed by atoms with Gasteiger partial charge in [0.1, 0.15) is 0 Å². The van der Waals surface area contributed by atoms with Crippen LogP contribution in [0.3, 0.4) is 0 Å². The molecule has 3 aromatic carbocycles. The van der Waals surface area contributed by atoms with Gasteiger partial charge in [-0.15, -0.1) is 0 Å². The zero-order valence-electron chi connectivity index (χ0n) is 17.3. The van der Waals surface area contributed by atoms with E-state index in [1.165, 1.54) is 28.6 Å². The molecule has 0 saturated carbocycles. The van der Waals surface area contributed by atoms with Gasteiger partial charge in [-0.1, -0.05) is 54.6 Å². The molecule has 0 radical (unpaired) electrons. The first kappa shape index (κ1) is 20.7. The van der Waals surface area contributed by atoms with Crippen LogP contribution in [0, 0.1) is 10.1 Å². The van der Waals surface area contributed by atoms with Gasteiger partial charge in [-0.3, -0.25) is 14.4 Å². The predicted octanol–water partition coefficient (Wildman–Crippen LogP) is 5.45. The van der Waals surface area contributed by atoms with Gasteiger partial charge in [0.05, 0.1) is 16.4 Å². The first-order valence-electron chi connectivity index (χ1n) is 10.2. The van der Waals surface area contributed by atoms with Crippen LogP contribution in [0.2, 0.25) is 0 Å². The van der Waals surface area contributed by atoms with Gasteiger partial charge in [0.15, 0.2) is 0 Å². The van der Waals surface area contributed by atoms with E-state index in [1.807, 2.05) is 54.7 Å². The molecule has 5 rings (SSSR count). The summed E-state index contributed by atoms with van der Waals surface area (Å²) in [5.41, 5.74) is 3.91. The molecule has 0 aliphatic carbocycles. The Morgan fingerprint density at radius 3 is 2.61 bits per heavy atom. The molecule has 8 heteroatoms. The van der Waals surface area contributed by atoms with Crippen LogP contribution in [0.1, 0.15) is 28.3 Å². The summed E-state index contributed by atoms with van der Waals surface area (Å²) in [6.45, 7) is 0. The van der Waals surface area contributed by atoms with Crippen LogP contribution in [0.25, 0.3) is 23.1 Å². The number of nitro groups is 1. The Hall–Kier alpha value is -4.17. The second-order valence-electron chi connectivity index (χ2n) is 7.67. The minimum atomic E-state index is -3.92. The third-order valence-electron chi connectivity index (χ3n) is 5.67. The van der Waals surface area contributed by atoms with Crippen molar-refractivity contribution in [2.45, 2.75) is 6.04 Å². The van der Waals surface area contributed by atoms with Crippen molar-refractivity contribution in [3.63, 3.8) is 0 Å². The molecule has 0 bridgehead atoms. The maximum absolute atomic E-state index is 13.5. The van der Waals surface area contributed by atoms with E-state index >= 15 is 0 Å². The summed E-state index contributed by atoms with van der Waals surface area (Å²) in [6, 6.07) is 20.7. The Morgan fingerprint density at radius 1 is 0.970 bits per heavy atom. The fourth-order valence-electron chi connectivity index (χ4n) is 4.12. The predicted molar refractivity (Wildman–Crippen MR) is 129 cm³/mol. The quantitative estimate of drug-likeness (QED) is 0.318. The zero-order chi connectivity index (χ0) is 23.0. The Balaban J connectivity index is 1.60. The van der Waals surface area contributed by atoms with E-state index in [-0.39, 0.29) is 5.69 Å². The number of aromatic amines is 1. The number of nitro benzene ring substituents is 1. The van der Waals surface area contributed by atoms with Gasteiger partial charge in [-0.2, -0.15) is 0 Å². The molecule has 1 N–H and O–H groups in total. The van der Waals surface area contributed by atoms with Crippen molar-refractivity contribution in [3.05, 3.63) is 123 Å². The number of para-hydroxylation sites is 1. The van der Waals surface area contributed by atoms with Crippen LogP contribution in [0.5, 0.6) is 0 Å². The van der Waals surface area contributed by atoms with Crippen molar-refractivity contribution in [1.29, 1.82) is 0 Å². The van der Waals surface area contributed by atoms with Crippen molar-refractivity contribution in [3.8, 4) is 0 Å². The topological polar surface area (TPSA) is 96.3 Å². The smallest absolute Gasteiger partial charge is 0.270 e. The first-order valence-corrected chi connectivity index (χ1v) is 11.7. The molecule has 1 aliphatic rings. The summed E-state index contributed by atoms with van der Waals surface area (Å²) in [6.07, 6.45) is 6.57. The van der Waals surface area contributed by atoms with Gasteiger partial charge < -0.3 is 4.98 Å². The minimum Gasteiger partial charge on any atom is -0.361 e. The fraction of sp³-hybridized carbons (Fsp3) is 0.0400. The van der Waals surface area contributed by atoms with Gasteiger partial charge >= 0.3 is 0 Å². The molecule has 0 spiro atoms. The van der Waals surface area contributed by atoms with Crippen LogP contribution >= 0.6 is 0 Å². The summed E-state index contributed by atoms with van der Waals surface area (Å²) in [4.78, 5) is 13.8. The van der Waals surface area contributed by atoms with Crippen LogP contribution in [0.15, 0.2) is 90.6 Å². The molecule has 0 fully saturated rings. The summed E-state index contributed by atoms with van der Waals surface area (Å²) >= 11 is 0. The molecule has 1 aromatic heterocycles. The molecule has 4 aromatic rings. The number of fused-ring (bicyclic) bond motifs is 2. The van der Waals surface area contributed by atoms with Gasteiger partial charge in [0.25, 0.3) is 15.7 Å². The third kappa shape index (κ3) is 3.81. The van der Waals surface area contributed by atoms with E-state index in [0.717, 1.165) is 33.0 Å². The van der Waals surface area contributed by atoms with E-state index in [2.05, 4.69) is 4.98 Å². The Kier molecular flexibility index (Phi) is 5.07. The number of sulfonamides is 1. The lowest BCUT2D eigenvalue weighted by Gasteiger charge is -2.33. The number of hydrogen-bond acceptors (Lipinski definition) is 4. The van der Waals surface area contributed by atoms with Gasteiger partial charge in [-0.05, 0) is 34.9 Å². The maximum Gasteiger partial charge on any atom is 0.270 e. The standard InChI is InChI=1S/C25H19N3O4S/c29-28(30)20-8-5-6-18(16-20)13-15-33(31,32)27-14-12-19-7-1-2-9-21(19)25(27)23-17-26-24-11-4-3-10-22(23)24/h1-17,25-26H/b15-13+. The second kappa shape index (κ2) is 8.07. The van der Waals surface area contributed by atoms with Crippen LogP contribution < -0.4 is 0 Å². The molecule has 7 nitrogen and oxygen atoms in total. The van der Waals surface area contributed by atoms with Gasteiger partial charge in [0.2, 0.25) is 0 Å². The summed E-state index contributed by atoms with van der Waals surface area (Å²) in [5.74, 6) is 0. The van der Waals surface area contributed by atoms with Crippen molar-refractivity contribution >= 4 is 38.8 Å². The lowest BCUT2D eigenvalue weighted by molar-refractivity contribution is -0.384.